The number of nitrogens with one attached hydrogen (secondary N) is 2. The third-order valence-electron chi connectivity index (χ3n) is 10.2. The Kier molecular flexibility index (Phi) is 10.1. The Morgan fingerprint density at radius 2 is 1.80 bits per heavy atom. The van der Waals surface area contributed by atoms with Gasteiger partial charge in [0.2, 0.25) is 0 Å². The first kappa shape index (κ1) is 37.2. The van der Waals surface area contributed by atoms with E-state index in [2.05, 4.69) is 72.1 Å². The lowest BCUT2D eigenvalue weighted by molar-refractivity contribution is 0.0208. The van der Waals surface area contributed by atoms with Gasteiger partial charge in [-0.3, -0.25) is 9.80 Å². The summed E-state index contributed by atoms with van der Waals surface area (Å²) in [5, 5.41) is 11.8. The van der Waals surface area contributed by atoms with Crippen molar-refractivity contribution in [3.05, 3.63) is 65.9 Å². The van der Waals surface area contributed by atoms with E-state index in [9.17, 15) is 14.7 Å². The Labute approximate surface area is 316 Å². The summed E-state index contributed by atoms with van der Waals surface area (Å²) in [6.45, 7) is 15.6. The van der Waals surface area contributed by atoms with Crippen molar-refractivity contribution in [1.29, 1.82) is 0 Å². The van der Waals surface area contributed by atoms with Gasteiger partial charge in [-0.2, -0.15) is 0 Å². The molecule has 3 aliphatic rings. The van der Waals surface area contributed by atoms with Gasteiger partial charge in [0.25, 0.3) is 0 Å². The highest BCUT2D eigenvalue weighted by Crippen LogP contribution is 2.44. The summed E-state index contributed by atoms with van der Waals surface area (Å²) in [5.41, 5.74) is 6.10. The van der Waals surface area contributed by atoms with Gasteiger partial charge in [-0.25, -0.2) is 19.6 Å². The van der Waals surface area contributed by atoms with E-state index in [4.69, 9.17) is 19.2 Å². The van der Waals surface area contributed by atoms with Gasteiger partial charge in [-0.1, -0.05) is 39.0 Å². The highest BCUT2D eigenvalue weighted by atomic mass is 16.6. The molecule has 0 spiro atoms. The van der Waals surface area contributed by atoms with Crippen LogP contribution >= 0.6 is 0 Å². The number of hydrogen-bond donors (Lipinski definition) is 3. The molecule has 286 valence electrons. The number of carbonyl (C=O) groups excluding carboxylic acids is 1. The number of imidazole rings is 2. The van der Waals surface area contributed by atoms with Crippen molar-refractivity contribution in [1.82, 2.24) is 29.7 Å². The van der Waals surface area contributed by atoms with E-state index in [-0.39, 0.29) is 30.1 Å². The monoisotopic (exact) mass is 736 g/mol. The third kappa shape index (κ3) is 7.36. The maximum Gasteiger partial charge on any atom is 0.410 e. The Balaban J connectivity index is 0.00000107. The van der Waals surface area contributed by atoms with Crippen molar-refractivity contribution < 1.29 is 28.9 Å². The Morgan fingerprint density at radius 1 is 1.02 bits per heavy atom. The van der Waals surface area contributed by atoms with E-state index in [1.807, 2.05) is 33.8 Å². The first-order valence-corrected chi connectivity index (χ1v) is 19.0. The molecule has 0 saturated carbocycles. The lowest BCUT2D eigenvalue weighted by Crippen LogP contribution is -2.37. The number of benzene rings is 3. The number of aromatic nitrogens is 4. The van der Waals surface area contributed by atoms with Gasteiger partial charge in [0, 0.05) is 36.6 Å². The minimum atomic E-state index is -0.918. The number of amides is 2. The maximum atomic E-state index is 13.3. The summed E-state index contributed by atoms with van der Waals surface area (Å²) < 4.78 is 17.6. The van der Waals surface area contributed by atoms with Crippen LogP contribution in [0.1, 0.15) is 97.0 Å². The van der Waals surface area contributed by atoms with Crippen LogP contribution in [0.4, 0.5) is 9.59 Å². The topological polar surface area (TPSA) is 146 Å². The Bertz CT molecular complexity index is 2180. The number of hydrogen-bond acceptors (Lipinski definition) is 7. The number of fused-ring (bicyclic) bond motifs is 6. The number of H-pyrrole nitrogens is 2. The molecule has 5 heterocycles. The highest BCUT2D eigenvalue weighted by Gasteiger charge is 2.40. The molecule has 8 rings (SSSR count). The minimum absolute atomic E-state index is 0.0371. The Morgan fingerprint density at radius 3 is 2.52 bits per heavy atom. The summed E-state index contributed by atoms with van der Waals surface area (Å²) in [6, 6.07) is 14.1. The number of carboxylic acid groups (broad SMARTS) is 1. The SMILES string of the molecule is CC(C)C.COC[C@H]1C[C@@H](c2nc3c(ccc4cc5c(cc43)OCc3cc(-c4cnc([C@@H]6CCC(C)N6C(=O)O)[nH]4)ccc3-5)[nH]2)N(C(=O)OC(C)(C)C)C1. The molecule has 2 amide bonds. The molecular weight excluding hydrogens is 684 g/mol. The molecule has 3 aliphatic heterocycles. The zero-order chi connectivity index (χ0) is 38.5. The van der Waals surface area contributed by atoms with Crippen LogP contribution in [0, 0.1) is 11.8 Å². The molecule has 0 radical (unpaired) electrons. The zero-order valence-electron chi connectivity index (χ0n) is 32.5. The maximum absolute atomic E-state index is 13.3. The van der Waals surface area contributed by atoms with Crippen molar-refractivity contribution in [2.45, 2.75) is 98.1 Å². The van der Waals surface area contributed by atoms with Gasteiger partial charge in [-0.05, 0) is 99.2 Å². The van der Waals surface area contributed by atoms with E-state index < -0.39 is 11.7 Å². The second-order valence-electron chi connectivity index (χ2n) is 16.6. The molecule has 2 fully saturated rings. The van der Waals surface area contributed by atoms with Crippen LogP contribution in [-0.2, 0) is 16.1 Å². The van der Waals surface area contributed by atoms with Gasteiger partial charge >= 0.3 is 12.2 Å². The molecule has 2 aromatic heterocycles. The fourth-order valence-corrected chi connectivity index (χ4v) is 7.92. The standard InChI is InChI=1S/C38H42N6O6.C4H10/c1-20-6-11-30(44(20)36(45)46)34-39-16-29(41-34)23-7-9-25-24(13-23)19-49-32-15-26-22(14-27(25)32)8-10-28-33(26)42-35(40-28)31-12-21(18-48-5)17-43(31)37(47)50-38(2,3)4;1-4(2)3/h7-10,13-16,20-21,30-31H,6,11-12,17-19H2,1-5H3,(H,39,41)(H,40,42)(H,45,46);4H,1-3H3/t20?,21-,30-,31-;/m0./s1. The van der Waals surface area contributed by atoms with E-state index in [1.54, 1.807) is 18.2 Å². The summed E-state index contributed by atoms with van der Waals surface area (Å²) in [7, 11) is 1.68. The zero-order valence-corrected chi connectivity index (χ0v) is 32.5. The van der Waals surface area contributed by atoms with E-state index in [1.165, 1.54) is 4.90 Å². The van der Waals surface area contributed by atoms with Crippen LogP contribution in [0.3, 0.4) is 0 Å². The number of methoxy groups -OCH3 is 1. The second-order valence-corrected chi connectivity index (χ2v) is 16.6. The average Bonchev–Trinajstić information content (AvgIpc) is 3.91. The summed E-state index contributed by atoms with van der Waals surface area (Å²) in [5.74, 6) is 3.20. The van der Waals surface area contributed by atoms with Gasteiger partial charge < -0.3 is 29.3 Å². The highest BCUT2D eigenvalue weighted by molar-refractivity contribution is 6.07. The quantitative estimate of drug-likeness (QED) is 0.162. The van der Waals surface area contributed by atoms with Crippen molar-refractivity contribution >= 4 is 34.0 Å². The molecule has 12 nitrogen and oxygen atoms in total. The molecule has 3 aromatic carbocycles. The second kappa shape index (κ2) is 14.6. The number of carbonyl (C=O) groups is 2. The van der Waals surface area contributed by atoms with Gasteiger partial charge in [0.15, 0.2) is 0 Å². The molecule has 12 heteroatoms. The molecule has 2 saturated heterocycles. The van der Waals surface area contributed by atoms with Crippen LogP contribution in [0.5, 0.6) is 5.75 Å². The van der Waals surface area contributed by atoms with Gasteiger partial charge in [0.05, 0.1) is 41.6 Å². The number of aromatic amines is 2. The lowest BCUT2D eigenvalue weighted by Gasteiger charge is -2.27. The minimum Gasteiger partial charge on any atom is -0.488 e. The lowest BCUT2D eigenvalue weighted by atomic mass is 9.92. The Hall–Kier alpha value is -5.10. The van der Waals surface area contributed by atoms with Crippen molar-refractivity contribution in [2.75, 3.05) is 20.3 Å². The van der Waals surface area contributed by atoms with Crippen LogP contribution in [0.25, 0.3) is 44.2 Å². The van der Waals surface area contributed by atoms with Crippen molar-refractivity contribution in [2.24, 2.45) is 11.8 Å². The fraction of sp³-hybridized carbons (Fsp3) is 0.476. The molecular formula is C42H52N6O6. The van der Waals surface area contributed by atoms with Crippen molar-refractivity contribution in [3.63, 3.8) is 0 Å². The molecule has 5 aromatic rings. The van der Waals surface area contributed by atoms with Crippen LogP contribution < -0.4 is 4.74 Å². The first-order chi connectivity index (χ1) is 25.7. The summed E-state index contributed by atoms with van der Waals surface area (Å²) in [4.78, 5) is 45.0. The summed E-state index contributed by atoms with van der Waals surface area (Å²) in [6.07, 6.45) is 2.80. The average molecular weight is 737 g/mol. The number of nitrogens with zero attached hydrogens (tertiary/aromatic N) is 4. The number of likely N-dealkylation sites (tertiary alicyclic amines) is 2. The largest absolute Gasteiger partial charge is 0.488 e. The molecule has 4 atom stereocenters. The van der Waals surface area contributed by atoms with E-state index in [0.29, 0.717) is 25.6 Å². The third-order valence-corrected chi connectivity index (χ3v) is 10.2. The van der Waals surface area contributed by atoms with Crippen LogP contribution in [-0.4, -0.2) is 78.9 Å². The normalized spacial score (nSPS) is 20.8. The number of ether oxygens (including phenoxy) is 3. The van der Waals surface area contributed by atoms with Crippen LogP contribution in [0.2, 0.25) is 0 Å². The molecule has 3 N–H and O–H groups in total. The molecule has 0 bridgehead atoms. The van der Waals surface area contributed by atoms with Gasteiger partial charge in [0.1, 0.15) is 29.6 Å². The van der Waals surface area contributed by atoms with E-state index >= 15 is 0 Å². The molecule has 1 unspecified atom stereocenters. The molecule has 54 heavy (non-hydrogen) atoms. The fourth-order valence-electron chi connectivity index (χ4n) is 7.92. The predicted molar refractivity (Wildman–Crippen MR) is 208 cm³/mol. The van der Waals surface area contributed by atoms with Crippen LogP contribution in [0.15, 0.2) is 48.7 Å². The first-order valence-electron chi connectivity index (χ1n) is 19.0. The van der Waals surface area contributed by atoms with E-state index in [0.717, 1.165) is 86.5 Å². The van der Waals surface area contributed by atoms with Gasteiger partial charge in [-0.15, -0.1) is 0 Å². The smallest absolute Gasteiger partial charge is 0.410 e. The number of rotatable bonds is 5. The van der Waals surface area contributed by atoms with Crippen molar-refractivity contribution in [3.8, 4) is 28.1 Å². The molecule has 0 aliphatic carbocycles. The summed E-state index contributed by atoms with van der Waals surface area (Å²) >= 11 is 0. The predicted octanol–water partition coefficient (Wildman–Crippen LogP) is 9.48.